The Morgan fingerprint density at radius 3 is 2.88 bits per heavy atom. The van der Waals surface area contributed by atoms with Crippen LogP contribution in [0.3, 0.4) is 0 Å². The lowest BCUT2D eigenvalue weighted by Gasteiger charge is -2.14. The molecule has 0 aromatic heterocycles. The van der Waals surface area contributed by atoms with Crippen molar-refractivity contribution in [1.29, 1.82) is 0 Å². The highest BCUT2D eigenvalue weighted by Crippen LogP contribution is 2.12. The summed E-state index contributed by atoms with van der Waals surface area (Å²) in [6, 6.07) is 3.43. The quantitative estimate of drug-likeness (QED) is 0.668. The van der Waals surface area contributed by atoms with Gasteiger partial charge in [0.1, 0.15) is 5.82 Å². The van der Waals surface area contributed by atoms with Crippen LogP contribution >= 0.6 is 0 Å². The average molecular weight is 226 g/mol. The number of aliphatic hydroxyl groups is 1. The van der Waals surface area contributed by atoms with Crippen LogP contribution in [0.15, 0.2) is 18.2 Å². The molecule has 1 rings (SSSR count). The molecule has 0 spiro atoms. The summed E-state index contributed by atoms with van der Waals surface area (Å²) >= 11 is 0. The summed E-state index contributed by atoms with van der Waals surface area (Å²) in [4.78, 5) is 11.6. The van der Waals surface area contributed by atoms with Gasteiger partial charge in [-0.3, -0.25) is 4.79 Å². The zero-order valence-electron chi connectivity index (χ0n) is 9.03. The first-order valence-electron chi connectivity index (χ1n) is 5.05. The molecule has 0 saturated carbocycles. The predicted octanol–water partition coefficient (Wildman–Crippen LogP) is 0.909. The van der Waals surface area contributed by atoms with Gasteiger partial charge in [-0.1, -0.05) is 6.92 Å². The van der Waals surface area contributed by atoms with E-state index < -0.39 is 11.7 Å². The van der Waals surface area contributed by atoms with Crippen molar-refractivity contribution in [3.63, 3.8) is 0 Å². The van der Waals surface area contributed by atoms with Crippen LogP contribution < -0.4 is 11.1 Å². The highest BCUT2D eigenvalue weighted by atomic mass is 19.1. The van der Waals surface area contributed by atoms with Gasteiger partial charge in [-0.2, -0.15) is 0 Å². The summed E-state index contributed by atoms with van der Waals surface area (Å²) in [5.41, 5.74) is 5.68. The van der Waals surface area contributed by atoms with Gasteiger partial charge in [0.15, 0.2) is 0 Å². The molecular formula is C11H15FN2O2. The zero-order valence-corrected chi connectivity index (χ0v) is 9.03. The lowest BCUT2D eigenvalue weighted by molar-refractivity contribution is 0.0911. The molecule has 0 unspecified atom stereocenters. The third-order valence-electron chi connectivity index (χ3n) is 2.28. The minimum Gasteiger partial charge on any atom is -0.399 e. The van der Waals surface area contributed by atoms with Gasteiger partial charge in [0.05, 0.1) is 18.2 Å². The number of hydrogen-bond acceptors (Lipinski definition) is 3. The van der Waals surface area contributed by atoms with E-state index in [0.717, 1.165) is 6.07 Å². The number of carbonyl (C=O) groups excluding carboxylic acids is 1. The Labute approximate surface area is 93.3 Å². The maximum absolute atomic E-state index is 13.3. The third kappa shape index (κ3) is 2.93. The Balaban J connectivity index is 2.83. The summed E-state index contributed by atoms with van der Waals surface area (Å²) in [5.74, 6) is -1.19. The second kappa shape index (κ2) is 5.46. The largest absolute Gasteiger partial charge is 0.399 e. The number of nitrogens with two attached hydrogens (primary N) is 1. The van der Waals surface area contributed by atoms with Crippen molar-refractivity contribution in [1.82, 2.24) is 5.32 Å². The Hall–Kier alpha value is -1.62. The first-order valence-corrected chi connectivity index (χ1v) is 5.05. The van der Waals surface area contributed by atoms with E-state index in [1.54, 1.807) is 0 Å². The first kappa shape index (κ1) is 12.4. The summed E-state index contributed by atoms with van der Waals surface area (Å²) < 4.78 is 13.3. The third-order valence-corrected chi connectivity index (χ3v) is 2.28. The number of nitrogens with one attached hydrogen (secondary N) is 1. The Morgan fingerprint density at radius 1 is 1.62 bits per heavy atom. The molecule has 88 valence electrons. The fourth-order valence-electron chi connectivity index (χ4n) is 1.26. The SMILES string of the molecule is CC[C@H](CO)NC(=O)c1cc(N)ccc1F. The summed E-state index contributed by atoms with van der Waals surface area (Å²) in [6.45, 7) is 1.64. The lowest BCUT2D eigenvalue weighted by atomic mass is 10.1. The zero-order chi connectivity index (χ0) is 12.1. The van der Waals surface area contributed by atoms with Crippen molar-refractivity contribution < 1.29 is 14.3 Å². The van der Waals surface area contributed by atoms with E-state index in [-0.39, 0.29) is 18.2 Å². The van der Waals surface area contributed by atoms with Crippen LogP contribution in [-0.4, -0.2) is 23.7 Å². The minimum atomic E-state index is -0.625. The topological polar surface area (TPSA) is 75.3 Å². The molecule has 0 saturated heterocycles. The van der Waals surface area contributed by atoms with Gasteiger partial charge in [0.2, 0.25) is 0 Å². The summed E-state index contributed by atoms with van der Waals surface area (Å²) in [7, 11) is 0. The standard InChI is InChI=1S/C11H15FN2O2/c1-2-8(6-15)14-11(16)9-5-7(13)3-4-10(9)12/h3-5,8,15H,2,6,13H2,1H3,(H,14,16)/t8-/m1/s1. The van der Waals surface area contributed by atoms with Crippen molar-refractivity contribution in [3.05, 3.63) is 29.6 Å². The molecule has 0 aliphatic rings. The number of anilines is 1. The highest BCUT2D eigenvalue weighted by molar-refractivity contribution is 5.95. The molecule has 1 atom stereocenters. The van der Waals surface area contributed by atoms with E-state index >= 15 is 0 Å². The minimum absolute atomic E-state index is 0.105. The smallest absolute Gasteiger partial charge is 0.254 e. The number of halogens is 1. The maximum atomic E-state index is 13.3. The van der Waals surface area contributed by atoms with Gasteiger partial charge >= 0.3 is 0 Å². The van der Waals surface area contributed by atoms with E-state index in [9.17, 15) is 9.18 Å². The number of hydrogen-bond donors (Lipinski definition) is 3. The molecule has 1 amide bonds. The fraction of sp³-hybridized carbons (Fsp3) is 0.364. The molecule has 1 aromatic rings. The van der Waals surface area contributed by atoms with Crippen molar-refractivity contribution in [2.24, 2.45) is 0 Å². The van der Waals surface area contributed by atoms with Crippen LogP contribution in [0.4, 0.5) is 10.1 Å². The van der Waals surface area contributed by atoms with Crippen molar-refractivity contribution in [3.8, 4) is 0 Å². The monoisotopic (exact) mass is 226 g/mol. The molecule has 0 radical (unpaired) electrons. The Kier molecular flexibility index (Phi) is 4.25. The second-order valence-corrected chi connectivity index (χ2v) is 3.50. The van der Waals surface area contributed by atoms with Crippen LogP contribution in [0.2, 0.25) is 0 Å². The first-order chi connectivity index (χ1) is 7.58. The second-order valence-electron chi connectivity index (χ2n) is 3.50. The maximum Gasteiger partial charge on any atom is 0.254 e. The molecule has 16 heavy (non-hydrogen) atoms. The normalized spacial score (nSPS) is 12.2. The molecule has 4 N–H and O–H groups in total. The summed E-state index contributed by atoms with van der Waals surface area (Å²) in [5, 5.41) is 11.4. The van der Waals surface area contributed by atoms with Gasteiger partial charge in [-0.25, -0.2) is 4.39 Å². The van der Waals surface area contributed by atoms with Gasteiger partial charge in [-0.15, -0.1) is 0 Å². The van der Waals surface area contributed by atoms with Crippen molar-refractivity contribution in [2.45, 2.75) is 19.4 Å². The molecular weight excluding hydrogens is 211 g/mol. The molecule has 0 fully saturated rings. The number of rotatable bonds is 4. The van der Waals surface area contributed by atoms with E-state index in [0.29, 0.717) is 12.1 Å². The molecule has 1 aromatic carbocycles. The van der Waals surface area contributed by atoms with E-state index in [2.05, 4.69) is 5.32 Å². The van der Waals surface area contributed by atoms with Gasteiger partial charge < -0.3 is 16.2 Å². The Bertz CT molecular complexity index is 378. The van der Waals surface area contributed by atoms with Crippen LogP contribution in [0.5, 0.6) is 0 Å². The number of amides is 1. The summed E-state index contributed by atoms with van der Waals surface area (Å²) in [6.07, 6.45) is 0.576. The van der Waals surface area contributed by atoms with E-state index in [1.807, 2.05) is 6.92 Å². The van der Waals surface area contributed by atoms with Gasteiger partial charge in [0.25, 0.3) is 5.91 Å². The average Bonchev–Trinajstić information content (AvgIpc) is 2.28. The number of benzene rings is 1. The number of nitrogen functional groups attached to an aromatic ring is 1. The molecule has 4 nitrogen and oxygen atoms in total. The number of aliphatic hydroxyl groups excluding tert-OH is 1. The van der Waals surface area contributed by atoms with Gasteiger partial charge in [0, 0.05) is 5.69 Å². The predicted molar refractivity (Wildman–Crippen MR) is 59.4 cm³/mol. The van der Waals surface area contributed by atoms with Crippen molar-refractivity contribution >= 4 is 11.6 Å². The molecule has 0 aliphatic carbocycles. The Morgan fingerprint density at radius 2 is 2.31 bits per heavy atom. The highest BCUT2D eigenvalue weighted by Gasteiger charge is 2.15. The van der Waals surface area contributed by atoms with E-state index in [1.165, 1.54) is 12.1 Å². The van der Waals surface area contributed by atoms with Crippen molar-refractivity contribution in [2.75, 3.05) is 12.3 Å². The van der Waals surface area contributed by atoms with Crippen LogP contribution in [0.25, 0.3) is 0 Å². The van der Waals surface area contributed by atoms with Gasteiger partial charge in [-0.05, 0) is 24.6 Å². The van der Waals surface area contributed by atoms with Crippen LogP contribution in [0, 0.1) is 5.82 Å². The number of carbonyl (C=O) groups is 1. The van der Waals surface area contributed by atoms with Crippen LogP contribution in [0.1, 0.15) is 23.7 Å². The molecule has 5 heteroatoms. The lowest BCUT2D eigenvalue weighted by Crippen LogP contribution is -2.37. The van der Waals surface area contributed by atoms with Crippen LogP contribution in [-0.2, 0) is 0 Å². The molecule has 0 heterocycles. The molecule has 0 bridgehead atoms. The molecule has 0 aliphatic heterocycles. The fourth-order valence-corrected chi connectivity index (χ4v) is 1.26. The van der Waals surface area contributed by atoms with E-state index in [4.69, 9.17) is 10.8 Å².